The summed E-state index contributed by atoms with van der Waals surface area (Å²) in [5.41, 5.74) is 0.649. The molecule has 1 unspecified atom stereocenters. The van der Waals surface area contributed by atoms with Crippen molar-refractivity contribution in [2.45, 2.75) is 25.8 Å². The molecule has 1 aliphatic rings. The number of benzene rings is 1. The van der Waals surface area contributed by atoms with E-state index in [0.717, 1.165) is 23.6 Å². The predicted molar refractivity (Wildman–Crippen MR) is 80.6 cm³/mol. The van der Waals surface area contributed by atoms with E-state index < -0.39 is 0 Å². The van der Waals surface area contributed by atoms with Gasteiger partial charge in [-0.05, 0) is 29.7 Å². The third-order valence-electron chi connectivity index (χ3n) is 4.03. The molecule has 0 amide bonds. The van der Waals surface area contributed by atoms with Gasteiger partial charge in [0.2, 0.25) is 0 Å². The van der Waals surface area contributed by atoms with Crippen LogP contribution < -0.4 is 5.32 Å². The summed E-state index contributed by atoms with van der Waals surface area (Å²) < 4.78 is 0. The number of para-hydroxylation sites is 1. The highest BCUT2D eigenvalue weighted by Crippen LogP contribution is 2.44. The summed E-state index contributed by atoms with van der Waals surface area (Å²) in [5, 5.41) is 14.1. The van der Waals surface area contributed by atoms with Crippen LogP contribution in [0.1, 0.15) is 20.3 Å². The number of aliphatic hydroxyl groups excluding tert-OH is 1. The highest BCUT2D eigenvalue weighted by molar-refractivity contribution is 7.99. The van der Waals surface area contributed by atoms with Crippen LogP contribution in [0, 0.1) is 5.41 Å². The van der Waals surface area contributed by atoms with E-state index in [1.807, 2.05) is 36.0 Å². The molecule has 18 heavy (non-hydrogen) atoms. The van der Waals surface area contributed by atoms with Crippen molar-refractivity contribution in [2.75, 3.05) is 23.4 Å². The third-order valence-corrected chi connectivity index (χ3v) is 5.55. The fraction of sp³-hybridized carbons (Fsp3) is 0.571. The SMILES string of the molecule is CC1(C)CCSCC1(CO)Nc1ccccc1Cl. The lowest BCUT2D eigenvalue weighted by Gasteiger charge is -2.50. The molecule has 1 saturated heterocycles. The zero-order valence-electron chi connectivity index (χ0n) is 10.9. The maximum absolute atomic E-state index is 9.91. The molecule has 1 aromatic carbocycles. The van der Waals surface area contributed by atoms with Gasteiger partial charge in [0.15, 0.2) is 0 Å². The van der Waals surface area contributed by atoms with E-state index in [1.54, 1.807) is 0 Å². The molecule has 1 fully saturated rings. The maximum atomic E-state index is 9.91. The van der Waals surface area contributed by atoms with Crippen molar-refractivity contribution in [3.05, 3.63) is 29.3 Å². The fourth-order valence-corrected chi connectivity index (χ4v) is 4.22. The smallest absolute Gasteiger partial charge is 0.0745 e. The number of halogens is 1. The van der Waals surface area contributed by atoms with Crippen molar-refractivity contribution < 1.29 is 5.11 Å². The Kier molecular flexibility index (Phi) is 4.15. The topological polar surface area (TPSA) is 32.3 Å². The van der Waals surface area contributed by atoms with Crippen molar-refractivity contribution in [2.24, 2.45) is 5.41 Å². The van der Waals surface area contributed by atoms with Crippen molar-refractivity contribution in [3.63, 3.8) is 0 Å². The molecule has 2 rings (SSSR count). The van der Waals surface area contributed by atoms with E-state index >= 15 is 0 Å². The number of nitrogens with one attached hydrogen (secondary N) is 1. The molecule has 2 N–H and O–H groups in total. The maximum Gasteiger partial charge on any atom is 0.0745 e. The number of rotatable bonds is 3. The van der Waals surface area contributed by atoms with Crippen molar-refractivity contribution in [1.82, 2.24) is 0 Å². The van der Waals surface area contributed by atoms with Gasteiger partial charge in [0.1, 0.15) is 0 Å². The average molecular weight is 286 g/mol. The minimum Gasteiger partial charge on any atom is -0.394 e. The zero-order chi connectivity index (χ0) is 13.2. The first kappa shape index (κ1) is 14.0. The molecule has 0 aromatic heterocycles. The second-order valence-corrected chi connectivity index (χ2v) is 7.04. The number of thioether (sulfide) groups is 1. The van der Waals surface area contributed by atoms with E-state index in [9.17, 15) is 5.11 Å². The molecule has 1 aromatic rings. The highest BCUT2D eigenvalue weighted by atomic mass is 35.5. The molecule has 1 heterocycles. The van der Waals surface area contributed by atoms with Crippen LogP contribution in [0.4, 0.5) is 5.69 Å². The summed E-state index contributed by atoms with van der Waals surface area (Å²) in [6.07, 6.45) is 1.09. The summed E-state index contributed by atoms with van der Waals surface area (Å²) in [7, 11) is 0. The Labute approximate surface area is 118 Å². The molecular weight excluding hydrogens is 266 g/mol. The molecule has 100 valence electrons. The van der Waals surface area contributed by atoms with Gasteiger partial charge in [-0.1, -0.05) is 37.6 Å². The van der Waals surface area contributed by atoms with E-state index in [0.29, 0.717) is 5.02 Å². The summed E-state index contributed by atoms with van der Waals surface area (Å²) in [6, 6.07) is 7.72. The summed E-state index contributed by atoms with van der Waals surface area (Å²) >= 11 is 8.09. The third kappa shape index (κ3) is 2.49. The second-order valence-electron chi connectivity index (χ2n) is 5.53. The Morgan fingerprint density at radius 3 is 2.72 bits per heavy atom. The second kappa shape index (κ2) is 5.32. The summed E-state index contributed by atoms with van der Waals surface area (Å²) in [5.74, 6) is 2.06. The lowest BCUT2D eigenvalue weighted by Crippen LogP contribution is -2.58. The fourth-order valence-electron chi connectivity index (χ4n) is 2.33. The largest absolute Gasteiger partial charge is 0.394 e. The number of hydrogen-bond acceptors (Lipinski definition) is 3. The van der Waals surface area contributed by atoms with Crippen molar-refractivity contribution in [3.8, 4) is 0 Å². The molecular formula is C14H20ClNOS. The Morgan fingerprint density at radius 2 is 2.11 bits per heavy atom. The molecule has 0 saturated carbocycles. The van der Waals surface area contributed by atoms with Crippen LogP contribution in [0.25, 0.3) is 0 Å². The van der Waals surface area contributed by atoms with Gasteiger partial charge in [0.05, 0.1) is 22.9 Å². The average Bonchev–Trinajstić information content (AvgIpc) is 2.34. The normalized spacial score (nSPS) is 26.9. The van der Waals surface area contributed by atoms with Gasteiger partial charge in [-0.2, -0.15) is 11.8 Å². The number of hydrogen-bond donors (Lipinski definition) is 2. The number of aliphatic hydroxyl groups is 1. The van der Waals surface area contributed by atoms with Crippen molar-refractivity contribution >= 4 is 29.1 Å². The van der Waals surface area contributed by atoms with Gasteiger partial charge in [-0.3, -0.25) is 0 Å². The molecule has 1 atom stereocenters. The minimum atomic E-state index is -0.305. The van der Waals surface area contributed by atoms with Gasteiger partial charge in [-0.25, -0.2) is 0 Å². The lowest BCUT2D eigenvalue weighted by atomic mass is 9.71. The zero-order valence-corrected chi connectivity index (χ0v) is 12.4. The molecule has 0 spiro atoms. The van der Waals surface area contributed by atoms with Crippen LogP contribution in [0.3, 0.4) is 0 Å². The lowest BCUT2D eigenvalue weighted by molar-refractivity contribution is 0.110. The van der Waals surface area contributed by atoms with Gasteiger partial charge >= 0.3 is 0 Å². The predicted octanol–water partition coefficient (Wildman–Crippen LogP) is 3.65. The van der Waals surface area contributed by atoms with E-state index in [1.165, 1.54) is 0 Å². The van der Waals surface area contributed by atoms with Gasteiger partial charge < -0.3 is 10.4 Å². The van der Waals surface area contributed by atoms with Crippen LogP contribution in [0.5, 0.6) is 0 Å². The van der Waals surface area contributed by atoms with Crippen LogP contribution in [0.15, 0.2) is 24.3 Å². The Hall–Kier alpha value is -0.380. The molecule has 4 heteroatoms. The van der Waals surface area contributed by atoms with Crippen molar-refractivity contribution in [1.29, 1.82) is 0 Å². The van der Waals surface area contributed by atoms with E-state index in [4.69, 9.17) is 11.6 Å². The molecule has 0 aliphatic carbocycles. The summed E-state index contributed by atoms with van der Waals surface area (Å²) in [4.78, 5) is 0. The standard InChI is InChI=1S/C14H20ClNOS/c1-13(2)7-8-18-10-14(13,9-17)16-12-6-4-3-5-11(12)15/h3-6,16-17H,7-10H2,1-2H3. The van der Waals surface area contributed by atoms with Gasteiger partial charge in [-0.15, -0.1) is 0 Å². The first-order chi connectivity index (χ1) is 8.51. The Morgan fingerprint density at radius 1 is 1.39 bits per heavy atom. The molecule has 0 bridgehead atoms. The molecule has 2 nitrogen and oxygen atoms in total. The Balaban J connectivity index is 2.30. The first-order valence-corrected chi connectivity index (χ1v) is 7.75. The first-order valence-electron chi connectivity index (χ1n) is 6.22. The monoisotopic (exact) mass is 285 g/mol. The molecule has 0 radical (unpaired) electrons. The quantitative estimate of drug-likeness (QED) is 0.889. The molecule has 1 aliphatic heterocycles. The van der Waals surface area contributed by atoms with Crippen LogP contribution in [0.2, 0.25) is 5.02 Å². The van der Waals surface area contributed by atoms with Crippen LogP contribution in [-0.2, 0) is 0 Å². The van der Waals surface area contributed by atoms with E-state index in [-0.39, 0.29) is 17.6 Å². The van der Waals surface area contributed by atoms with Gasteiger partial charge in [0, 0.05) is 5.75 Å². The highest BCUT2D eigenvalue weighted by Gasteiger charge is 2.46. The minimum absolute atomic E-state index is 0.0478. The van der Waals surface area contributed by atoms with Gasteiger partial charge in [0.25, 0.3) is 0 Å². The van der Waals surface area contributed by atoms with Crippen LogP contribution >= 0.6 is 23.4 Å². The summed E-state index contributed by atoms with van der Waals surface area (Å²) in [6.45, 7) is 4.55. The Bertz CT molecular complexity index is 424. The van der Waals surface area contributed by atoms with Crippen LogP contribution in [-0.4, -0.2) is 28.8 Å². The van der Waals surface area contributed by atoms with E-state index in [2.05, 4.69) is 19.2 Å². The number of anilines is 1.